The first kappa shape index (κ1) is 39.0. The quantitative estimate of drug-likeness (QED) is 0.131. The van der Waals surface area contributed by atoms with Crippen molar-refractivity contribution in [3.8, 4) is 11.5 Å². The molecule has 2 aromatic rings. The molecule has 46 heavy (non-hydrogen) atoms. The molecule has 0 saturated carbocycles. The Bertz CT molecular complexity index is 1190. The monoisotopic (exact) mass is 641 g/mol. The fraction of sp³-hybridized carbons (Fsp3) is 0.622. The number of aliphatic hydroxyl groups excluding tert-OH is 1. The van der Waals surface area contributed by atoms with E-state index in [0.717, 1.165) is 24.0 Å². The smallest absolute Gasteiger partial charge is 0.224 e. The van der Waals surface area contributed by atoms with Crippen LogP contribution in [-0.4, -0.2) is 63.0 Å². The van der Waals surface area contributed by atoms with Crippen LogP contribution in [0.2, 0.25) is 0 Å². The zero-order valence-corrected chi connectivity index (χ0v) is 29.3. The van der Waals surface area contributed by atoms with Crippen molar-refractivity contribution in [2.75, 3.05) is 34.0 Å². The molecular weight excluding hydrogens is 582 g/mol. The summed E-state index contributed by atoms with van der Waals surface area (Å²) in [6, 6.07) is 15.9. The Labute approximate surface area is 277 Å². The van der Waals surface area contributed by atoms with Crippen molar-refractivity contribution in [3.05, 3.63) is 59.7 Å². The van der Waals surface area contributed by atoms with E-state index in [1.165, 1.54) is 0 Å². The lowest BCUT2D eigenvalue weighted by Gasteiger charge is -2.33. The molecule has 0 radical (unpaired) electrons. The summed E-state index contributed by atoms with van der Waals surface area (Å²) >= 11 is 0. The lowest BCUT2D eigenvalue weighted by molar-refractivity contribution is -0.130. The first-order valence-corrected chi connectivity index (χ1v) is 16.6. The van der Waals surface area contributed by atoms with Gasteiger partial charge in [0.05, 0.1) is 25.2 Å². The van der Waals surface area contributed by atoms with Gasteiger partial charge in [-0.3, -0.25) is 9.59 Å². The molecule has 2 rings (SSSR count). The summed E-state index contributed by atoms with van der Waals surface area (Å²) in [5.41, 5.74) is 6.91. The Balaban J connectivity index is 2.27. The number of hydrogen-bond acceptors (Lipinski definition) is 7. The highest BCUT2D eigenvalue weighted by Crippen LogP contribution is 2.32. The standard InChI is InChI=1S/C37H59N3O6/c1-25(2)29(19-28-15-16-33(45-8)34(20-28)46-18-12-17-44-7)21-31(39-23-27-13-10-9-11-14-27)32(41)22-30(26(3)4)35(42)40-24-37(5,6)36(38)43/h9-11,13-16,20,25-26,29-32,39,41H,12,17-19,21-24H2,1-8H3,(H2,38,43)(H,40,42)/t29-,30-,31+,32-/m0/s1. The number of benzene rings is 2. The third kappa shape index (κ3) is 12.9. The number of hydrogen-bond donors (Lipinski definition) is 4. The maximum atomic E-state index is 13.3. The van der Waals surface area contributed by atoms with Crippen molar-refractivity contribution in [1.82, 2.24) is 10.6 Å². The highest BCUT2D eigenvalue weighted by Gasteiger charge is 2.33. The van der Waals surface area contributed by atoms with E-state index in [-0.39, 0.29) is 30.3 Å². The predicted molar refractivity (Wildman–Crippen MR) is 184 cm³/mol. The molecular formula is C37H59N3O6. The number of amides is 2. The van der Waals surface area contributed by atoms with Gasteiger partial charge in [-0.2, -0.15) is 0 Å². The summed E-state index contributed by atoms with van der Waals surface area (Å²) in [7, 11) is 3.32. The fourth-order valence-electron chi connectivity index (χ4n) is 5.42. The number of aliphatic hydroxyl groups is 1. The van der Waals surface area contributed by atoms with Crippen LogP contribution in [0.5, 0.6) is 11.5 Å². The number of carbonyl (C=O) groups is 2. The summed E-state index contributed by atoms with van der Waals surface area (Å²) in [5, 5.41) is 18.3. The van der Waals surface area contributed by atoms with Crippen molar-refractivity contribution in [1.29, 1.82) is 0 Å². The van der Waals surface area contributed by atoms with Gasteiger partial charge in [0.2, 0.25) is 11.8 Å². The van der Waals surface area contributed by atoms with Crippen LogP contribution < -0.4 is 25.8 Å². The van der Waals surface area contributed by atoms with Crippen LogP contribution in [0.4, 0.5) is 0 Å². The minimum Gasteiger partial charge on any atom is -0.493 e. The van der Waals surface area contributed by atoms with E-state index in [2.05, 4.69) is 48.7 Å². The summed E-state index contributed by atoms with van der Waals surface area (Å²) < 4.78 is 16.7. The molecule has 5 N–H and O–H groups in total. The molecule has 2 aromatic carbocycles. The normalized spacial score (nSPS) is 14.5. The van der Waals surface area contributed by atoms with Gasteiger partial charge in [0, 0.05) is 45.2 Å². The van der Waals surface area contributed by atoms with Gasteiger partial charge in [0.25, 0.3) is 0 Å². The number of primary amides is 1. The van der Waals surface area contributed by atoms with Gasteiger partial charge < -0.3 is 35.7 Å². The van der Waals surface area contributed by atoms with E-state index in [4.69, 9.17) is 19.9 Å². The van der Waals surface area contributed by atoms with E-state index in [1.54, 1.807) is 28.1 Å². The molecule has 2 amide bonds. The molecule has 0 aromatic heterocycles. The predicted octanol–water partition coefficient (Wildman–Crippen LogP) is 5.12. The van der Waals surface area contributed by atoms with Crippen molar-refractivity contribution >= 4 is 11.8 Å². The summed E-state index contributed by atoms with van der Waals surface area (Å²) in [6.45, 7) is 13.7. The Morgan fingerprint density at radius 2 is 1.61 bits per heavy atom. The highest BCUT2D eigenvalue weighted by molar-refractivity contribution is 5.83. The first-order chi connectivity index (χ1) is 21.8. The molecule has 0 aliphatic carbocycles. The molecule has 0 bridgehead atoms. The molecule has 0 unspecified atom stereocenters. The van der Waals surface area contributed by atoms with E-state index in [0.29, 0.717) is 50.0 Å². The Morgan fingerprint density at radius 1 is 0.913 bits per heavy atom. The number of carbonyl (C=O) groups excluding carboxylic acids is 2. The van der Waals surface area contributed by atoms with Crippen LogP contribution in [0.3, 0.4) is 0 Å². The average molecular weight is 642 g/mol. The maximum Gasteiger partial charge on any atom is 0.224 e. The van der Waals surface area contributed by atoms with Gasteiger partial charge in [-0.15, -0.1) is 0 Å². The van der Waals surface area contributed by atoms with Crippen molar-refractivity contribution < 1.29 is 28.9 Å². The van der Waals surface area contributed by atoms with Crippen LogP contribution in [0.15, 0.2) is 48.5 Å². The minimum atomic E-state index is -0.865. The zero-order chi connectivity index (χ0) is 34.3. The maximum absolute atomic E-state index is 13.3. The molecule has 0 saturated heterocycles. The number of methoxy groups -OCH3 is 2. The highest BCUT2D eigenvalue weighted by atomic mass is 16.5. The van der Waals surface area contributed by atoms with Gasteiger partial charge in [-0.25, -0.2) is 0 Å². The SMILES string of the molecule is COCCCOc1cc(C[C@@H](C[C@@H](NCc2ccccc2)[C@@H](O)C[C@H](C(=O)NCC(C)(C)C(N)=O)C(C)C)C(C)C)ccc1OC. The van der Waals surface area contributed by atoms with Crippen molar-refractivity contribution in [3.63, 3.8) is 0 Å². The summed E-state index contributed by atoms with van der Waals surface area (Å²) in [6.07, 6.45) is 1.80. The topological polar surface area (TPSA) is 132 Å². The van der Waals surface area contributed by atoms with Crippen molar-refractivity contribution in [2.45, 2.75) is 85.9 Å². The third-order valence-electron chi connectivity index (χ3n) is 8.86. The molecule has 0 aliphatic heterocycles. The second-order valence-electron chi connectivity index (χ2n) is 13.7. The van der Waals surface area contributed by atoms with Crippen LogP contribution in [0.25, 0.3) is 0 Å². The van der Waals surface area contributed by atoms with E-state index < -0.39 is 23.3 Å². The largest absolute Gasteiger partial charge is 0.493 e. The van der Waals surface area contributed by atoms with Gasteiger partial charge in [-0.1, -0.05) is 64.1 Å². The molecule has 9 nitrogen and oxygen atoms in total. The molecule has 0 aliphatic rings. The van der Waals surface area contributed by atoms with E-state index in [9.17, 15) is 14.7 Å². The first-order valence-electron chi connectivity index (χ1n) is 16.6. The number of nitrogens with one attached hydrogen (secondary N) is 2. The second kappa shape index (κ2) is 19.5. The Kier molecular flexibility index (Phi) is 16.6. The van der Waals surface area contributed by atoms with Gasteiger partial charge in [-0.05, 0) is 74.1 Å². The number of nitrogens with two attached hydrogens (primary N) is 1. The average Bonchev–Trinajstić information content (AvgIpc) is 3.02. The fourth-order valence-corrected chi connectivity index (χ4v) is 5.42. The Hall–Kier alpha value is -3.14. The second-order valence-corrected chi connectivity index (χ2v) is 13.7. The molecule has 4 atom stereocenters. The van der Waals surface area contributed by atoms with E-state index in [1.807, 2.05) is 38.1 Å². The van der Waals surface area contributed by atoms with E-state index >= 15 is 0 Å². The van der Waals surface area contributed by atoms with Gasteiger partial charge in [0.15, 0.2) is 11.5 Å². The number of rotatable bonds is 22. The lowest BCUT2D eigenvalue weighted by Crippen LogP contribution is -2.47. The molecule has 0 spiro atoms. The molecule has 9 heteroatoms. The number of ether oxygens (including phenoxy) is 3. The minimum absolute atomic E-state index is 0.0105. The van der Waals surface area contributed by atoms with Crippen LogP contribution in [0.1, 0.15) is 71.9 Å². The third-order valence-corrected chi connectivity index (χ3v) is 8.86. The van der Waals surface area contributed by atoms with Gasteiger partial charge >= 0.3 is 0 Å². The van der Waals surface area contributed by atoms with Crippen LogP contribution in [-0.2, 0) is 27.3 Å². The van der Waals surface area contributed by atoms with Crippen LogP contribution in [0, 0.1) is 29.1 Å². The molecule has 0 heterocycles. The molecule has 0 fully saturated rings. The zero-order valence-electron chi connectivity index (χ0n) is 29.3. The summed E-state index contributed by atoms with van der Waals surface area (Å²) in [4.78, 5) is 25.1. The lowest BCUT2D eigenvalue weighted by atomic mass is 9.80. The Morgan fingerprint density at radius 3 is 2.20 bits per heavy atom. The van der Waals surface area contributed by atoms with Crippen LogP contribution >= 0.6 is 0 Å². The van der Waals surface area contributed by atoms with Gasteiger partial charge in [0.1, 0.15) is 0 Å². The summed E-state index contributed by atoms with van der Waals surface area (Å²) in [5.74, 6) is 0.879. The molecule has 258 valence electrons. The van der Waals surface area contributed by atoms with Crippen molar-refractivity contribution in [2.24, 2.45) is 34.8 Å².